The van der Waals surface area contributed by atoms with Crippen LogP contribution in [0.5, 0.6) is 5.88 Å². The van der Waals surface area contributed by atoms with E-state index in [1.165, 1.54) is 6.20 Å². The van der Waals surface area contributed by atoms with Crippen molar-refractivity contribution in [2.24, 2.45) is 7.05 Å². The molecule has 114 valence electrons. The Hall–Kier alpha value is -2.84. The number of nitrogens with zero attached hydrogens (tertiary/aromatic N) is 5. The van der Waals surface area contributed by atoms with Crippen LogP contribution in [0, 0.1) is 0 Å². The van der Waals surface area contributed by atoms with Gasteiger partial charge in [0.2, 0.25) is 11.8 Å². The van der Waals surface area contributed by atoms with Crippen LogP contribution in [0.15, 0.2) is 35.0 Å². The number of alkyl halides is 2. The first kappa shape index (κ1) is 14.1. The normalized spacial score (nSPS) is 11.1. The predicted molar refractivity (Wildman–Crippen MR) is 70.0 cm³/mol. The van der Waals surface area contributed by atoms with Gasteiger partial charge in [-0.1, -0.05) is 0 Å². The van der Waals surface area contributed by atoms with Crippen LogP contribution in [0.1, 0.15) is 18.0 Å². The standard InChI is InChI=1S/C13H11F2N5O2/c1-20-5-4-10(19-20)21-7-9-3-2-8(6-16-9)12-17-18-13(22-12)11(14)15/h2-6,11H,7H2,1H3. The number of ether oxygens (including phenoxy) is 1. The summed E-state index contributed by atoms with van der Waals surface area (Å²) in [6.07, 6.45) is 0.433. The Labute approximate surface area is 123 Å². The van der Waals surface area contributed by atoms with E-state index in [4.69, 9.17) is 9.15 Å². The second kappa shape index (κ2) is 5.88. The van der Waals surface area contributed by atoms with Gasteiger partial charge in [0.15, 0.2) is 0 Å². The molecule has 0 N–H and O–H groups in total. The highest BCUT2D eigenvalue weighted by atomic mass is 19.3. The first-order valence-corrected chi connectivity index (χ1v) is 6.31. The highest BCUT2D eigenvalue weighted by Gasteiger charge is 2.17. The summed E-state index contributed by atoms with van der Waals surface area (Å²) in [6, 6.07) is 5.07. The van der Waals surface area contributed by atoms with Gasteiger partial charge in [-0.05, 0) is 12.1 Å². The lowest BCUT2D eigenvalue weighted by atomic mass is 10.2. The molecule has 3 rings (SSSR count). The summed E-state index contributed by atoms with van der Waals surface area (Å²) in [4.78, 5) is 4.16. The molecular formula is C13H11F2N5O2. The van der Waals surface area contributed by atoms with Gasteiger partial charge in [-0.15, -0.1) is 15.3 Å². The molecule has 0 saturated carbocycles. The molecule has 0 atom stereocenters. The zero-order valence-electron chi connectivity index (χ0n) is 11.5. The van der Waals surface area contributed by atoms with Crippen LogP contribution in [0.4, 0.5) is 8.78 Å². The number of halogens is 2. The molecular weight excluding hydrogens is 296 g/mol. The third-order valence-electron chi connectivity index (χ3n) is 2.76. The Morgan fingerprint density at radius 2 is 2.14 bits per heavy atom. The minimum Gasteiger partial charge on any atom is -0.470 e. The molecule has 0 aliphatic carbocycles. The van der Waals surface area contributed by atoms with Gasteiger partial charge in [-0.3, -0.25) is 9.67 Å². The van der Waals surface area contributed by atoms with E-state index in [0.717, 1.165) is 0 Å². The Morgan fingerprint density at radius 3 is 2.73 bits per heavy atom. The Bertz CT molecular complexity index is 754. The van der Waals surface area contributed by atoms with E-state index in [9.17, 15) is 8.78 Å². The van der Waals surface area contributed by atoms with Crippen LogP contribution >= 0.6 is 0 Å². The van der Waals surface area contributed by atoms with Gasteiger partial charge < -0.3 is 9.15 Å². The minimum atomic E-state index is -2.79. The summed E-state index contributed by atoms with van der Waals surface area (Å²) < 4.78 is 36.7. The molecule has 0 spiro atoms. The smallest absolute Gasteiger partial charge is 0.314 e. The van der Waals surface area contributed by atoms with E-state index in [2.05, 4.69) is 20.3 Å². The van der Waals surface area contributed by atoms with Crippen LogP contribution in [0.2, 0.25) is 0 Å². The van der Waals surface area contributed by atoms with Crippen LogP contribution in [-0.4, -0.2) is 25.0 Å². The van der Waals surface area contributed by atoms with Crippen LogP contribution < -0.4 is 4.74 Å². The minimum absolute atomic E-state index is 0.00000518. The van der Waals surface area contributed by atoms with Crippen LogP contribution in [0.25, 0.3) is 11.5 Å². The van der Waals surface area contributed by atoms with Crippen LogP contribution in [0.3, 0.4) is 0 Å². The molecule has 3 aromatic heterocycles. The molecule has 0 saturated heterocycles. The van der Waals surface area contributed by atoms with Crippen molar-refractivity contribution in [3.8, 4) is 17.3 Å². The molecule has 3 heterocycles. The van der Waals surface area contributed by atoms with Crippen molar-refractivity contribution in [3.05, 3.63) is 42.2 Å². The molecule has 7 nitrogen and oxygen atoms in total. The fourth-order valence-corrected chi connectivity index (χ4v) is 1.69. The summed E-state index contributed by atoms with van der Waals surface area (Å²) in [5.74, 6) is -0.218. The third-order valence-corrected chi connectivity index (χ3v) is 2.76. The molecule has 22 heavy (non-hydrogen) atoms. The fourth-order valence-electron chi connectivity index (χ4n) is 1.69. The van der Waals surface area contributed by atoms with Crippen molar-refractivity contribution >= 4 is 0 Å². The number of hydrogen-bond donors (Lipinski definition) is 0. The largest absolute Gasteiger partial charge is 0.470 e. The molecule has 0 fully saturated rings. The van der Waals surface area contributed by atoms with E-state index in [0.29, 0.717) is 17.1 Å². The fraction of sp³-hybridized carbons (Fsp3) is 0.231. The molecule has 9 heteroatoms. The molecule has 0 amide bonds. The quantitative estimate of drug-likeness (QED) is 0.720. The second-order valence-electron chi connectivity index (χ2n) is 4.40. The lowest BCUT2D eigenvalue weighted by molar-refractivity contribution is 0.116. The topological polar surface area (TPSA) is 78.9 Å². The summed E-state index contributed by atoms with van der Waals surface area (Å²) in [7, 11) is 1.79. The first-order valence-electron chi connectivity index (χ1n) is 6.31. The van der Waals surface area contributed by atoms with Gasteiger partial charge in [-0.25, -0.2) is 0 Å². The Kier molecular flexibility index (Phi) is 3.77. The SMILES string of the molecule is Cn1ccc(OCc2ccc(-c3nnc(C(F)F)o3)cn2)n1. The van der Waals surface area contributed by atoms with E-state index < -0.39 is 12.3 Å². The third kappa shape index (κ3) is 3.08. The molecule has 0 aliphatic rings. The molecule has 0 bridgehead atoms. The van der Waals surface area contributed by atoms with Gasteiger partial charge in [0.05, 0.1) is 11.3 Å². The zero-order valence-corrected chi connectivity index (χ0v) is 11.5. The van der Waals surface area contributed by atoms with Gasteiger partial charge in [0, 0.05) is 25.5 Å². The highest BCUT2D eigenvalue weighted by molar-refractivity contribution is 5.50. The maximum absolute atomic E-state index is 12.4. The van der Waals surface area contributed by atoms with Gasteiger partial charge in [0.25, 0.3) is 5.89 Å². The van der Waals surface area contributed by atoms with E-state index in [-0.39, 0.29) is 12.5 Å². The predicted octanol–water partition coefficient (Wildman–Crippen LogP) is 2.38. The van der Waals surface area contributed by atoms with Gasteiger partial charge in [0.1, 0.15) is 6.61 Å². The van der Waals surface area contributed by atoms with E-state index in [1.807, 2.05) is 0 Å². The molecule has 0 aromatic carbocycles. The monoisotopic (exact) mass is 307 g/mol. The Morgan fingerprint density at radius 1 is 1.27 bits per heavy atom. The summed E-state index contributed by atoms with van der Waals surface area (Å²) in [5.41, 5.74) is 1.11. The average Bonchev–Trinajstić information content (AvgIpc) is 3.15. The highest BCUT2D eigenvalue weighted by Crippen LogP contribution is 2.22. The van der Waals surface area contributed by atoms with Crippen molar-refractivity contribution in [1.29, 1.82) is 0 Å². The summed E-state index contributed by atoms with van der Waals surface area (Å²) in [6.45, 7) is 0.239. The maximum atomic E-state index is 12.4. The average molecular weight is 307 g/mol. The lowest BCUT2D eigenvalue weighted by Crippen LogP contribution is -1.99. The number of hydrogen-bond acceptors (Lipinski definition) is 6. The van der Waals surface area contributed by atoms with Gasteiger partial charge >= 0.3 is 6.43 Å². The van der Waals surface area contributed by atoms with Crippen molar-refractivity contribution < 1.29 is 17.9 Å². The summed E-state index contributed by atoms with van der Waals surface area (Å²) in [5, 5.41) is 10.9. The molecule has 0 unspecified atom stereocenters. The van der Waals surface area contributed by atoms with E-state index >= 15 is 0 Å². The summed E-state index contributed by atoms with van der Waals surface area (Å²) >= 11 is 0. The number of rotatable bonds is 5. The van der Waals surface area contributed by atoms with Crippen molar-refractivity contribution in [3.63, 3.8) is 0 Å². The molecule has 3 aromatic rings. The Balaban J connectivity index is 1.66. The lowest BCUT2D eigenvalue weighted by Gasteiger charge is -2.02. The van der Waals surface area contributed by atoms with Crippen molar-refractivity contribution in [2.45, 2.75) is 13.0 Å². The number of aryl methyl sites for hydroxylation is 1. The maximum Gasteiger partial charge on any atom is 0.314 e. The second-order valence-corrected chi connectivity index (χ2v) is 4.40. The number of aromatic nitrogens is 5. The molecule has 0 aliphatic heterocycles. The van der Waals surface area contributed by atoms with Crippen molar-refractivity contribution in [1.82, 2.24) is 25.0 Å². The van der Waals surface area contributed by atoms with Gasteiger partial charge in [-0.2, -0.15) is 8.78 Å². The number of pyridine rings is 1. The van der Waals surface area contributed by atoms with E-state index in [1.54, 1.807) is 36.1 Å². The van der Waals surface area contributed by atoms with Crippen molar-refractivity contribution in [2.75, 3.05) is 0 Å². The first-order chi connectivity index (χ1) is 10.6. The zero-order chi connectivity index (χ0) is 15.5. The van der Waals surface area contributed by atoms with Crippen LogP contribution in [-0.2, 0) is 13.7 Å². The molecule has 0 radical (unpaired) electrons.